The fraction of sp³-hybridized carbons (Fsp3) is 0.143. The zero-order valence-electron chi connectivity index (χ0n) is 11.5. The fourth-order valence-corrected chi connectivity index (χ4v) is 2.61. The quantitative estimate of drug-likeness (QED) is 0.726. The van der Waals surface area contributed by atoms with Crippen molar-refractivity contribution >= 4 is 21.4 Å². The first-order chi connectivity index (χ1) is 9.91. The minimum Gasteiger partial charge on any atom is -0.496 e. The third kappa shape index (κ3) is 3.65. The summed E-state index contributed by atoms with van der Waals surface area (Å²) in [5.41, 5.74) is 7.50. The summed E-state index contributed by atoms with van der Waals surface area (Å²) in [6, 6.07) is 12.2. The van der Waals surface area contributed by atoms with E-state index in [2.05, 4.69) is 5.32 Å². The second kappa shape index (κ2) is 6.02. The number of nitrogens with one attached hydrogen (secondary N) is 1. The third-order valence-electron chi connectivity index (χ3n) is 2.99. The van der Waals surface area contributed by atoms with Crippen LogP contribution in [0.25, 0.3) is 0 Å². The van der Waals surface area contributed by atoms with Crippen molar-refractivity contribution in [1.29, 1.82) is 0 Å². The molecule has 0 heterocycles. The summed E-state index contributed by atoms with van der Waals surface area (Å²) in [6.07, 6.45) is 0. The van der Waals surface area contributed by atoms with Gasteiger partial charge < -0.3 is 15.8 Å². The maximum Gasteiger partial charge on any atom is 0.240 e. The normalized spacial score (nSPS) is 11.1. The van der Waals surface area contributed by atoms with Crippen LogP contribution < -0.4 is 20.9 Å². The highest BCUT2D eigenvalue weighted by Crippen LogP contribution is 2.23. The molecule has 0 aliphatic heterocycles. The number of hydrogen-bond donors (Lipinski definition) is 3. The number of nitrogen functional groups attached to an aromatic ring is 1. The molecular formula is C14H17N3O3S. The summed E-state index contributed by atoms with van der Waals surface area (Å²) in [7, 11) is -2.19. The summed E-state index contributed by atoms with van der Waals surface area (Å²) in [6.45, 7) is 0.526. The lowest BCUT2D eigenvalue weighted by molar-refractivity contribution is 0.410. The van der Waals surface area contributed by atoms with Crippen LogP contribution in [-0.4, -0.2) is 15.5 Å². The molecule has 0 radical (unpaired) electrons. The number of benzene rings is 2. The van der Waals surface area contributed by atoms with E-state index in [1.165, 1.54) is 12.1 Å². The topological polar surface area (TPSA) is 107 Å². The molecule has 2 aromatic carbocycles. The molecule has 0 bridgehead atoms. The molecule has 6 nitrogen and oxygen atoms in total. The molecule has 21 heavy (non-hydrogen) atoms. The summed E-state index contributed by atoms with van der Waals surface area (Å²) >= 11 is 0. The molecule has 0 aliphatic carbocycles. The van der Waals surface area contributed by atoms with Crippen molar-refractivity contribution in [3.63, 3.8) is 0 Å². The third-order valence-corrected chi connectivity index (χ3v) is 3.98. The first-order valence-corrected chi connectivity index (χ1v) is 7.74. The van der Waals surface area contributed by atoms with E-state index >= 15 is 0 Å². The number of ether oxygens (including phenoxy) is 1. The van der Waals surface area contributed by atoms with Gasteiger partial charge in [-0.2, -0.15) is 0 Å². The number of para-hydroxylation sites is 1. The Bertz CT molecular complexity index is 745. The summed E-state index contributed by atoms with van der Waals surface area (Å²) in [4.78, 5) is -0.0784. The number of nitrogens with two attached hydrogens (primary N) is 2. The van der Waals surface area contributed by atoms with Crippen LogP contribution in [0.5, 0.6) is 5.75 Å². The number of primary sulfonamides is 1. The molecule has 0 unspecified atom stereocenters. The van der Waals surface area contributed by atoms with E-state index in [9.17, 15) is 8.42 Å². The van der Waals surface area contributed by atoms with Crippen LogP contribution in [0.15, 0.2) is 47.4 Å². The van der Waals surface area contributed by atoms with E-state index in [4.69, 9.17) is 15.6 Å². The molecule has 0 fully saturated rings. The van der Waals surface area contributed by atoms with Crippen molar-refractivity contribution in [3.05, 3.63) is 48.0 Å². The van der Waals surface area contributed by atoms with E-state index in [1.807, 2.05) is 24.3 Å². The molecule has 5 N–H and O–H groups in total. The van der Waals surface area contributed by atoms with Crippen molar-refractivity contribution < 1.29 is 13.2 Å². The Kier molecular flexibility index (Phi) is 4.35. The molecule has 0 saturated heterocycles. The van der Waals surface area contributed by atoms with Gasteiger partial charge >= 0.3 is 0 Å². The predicted molar refractivity (Wildman–Crippen MR) is 82.5 cm³/mol. The van der Waals surface area contributed by atoms with Crippen LogP contribution >= 0.6 is 0 Å². The van der Waals surface area contributed by atoms with Crippen molar-refractivity contribution in [3.8, 4) is 5.75 Å². The maximum absolute atomic E-state index is 11.3. The standard InChI is InChI=1S/C14H17N3O3S/c1-20-13-5-3-2-4-10(13)9-17-11-6-7-14(12(15)8-11)21(16,18)19/h2-8,17H,9,15H2,1H3,(H2,16,18,19). The Morgan fingerprint density at radius 3 is 2.52 bits per heavy atom. The van der Waals surface area contributed by atoms with Gasteiger partial charge in [0.15, 0.2) is 0 Å². The van der Waals surface area contributed by atoms with Gasteiger partial charge in [-0.3, -0.25) is 0 Å². The maximum atomic E-state index is 11.3. The molecule has 0 amide bonds. The Labute approximate surface area is 123 Å². The van der Waals surface area contributed by atoms with Crippen LogP contribution in [0.4, 0.5) is 11.4 Å². The van der Waals surface area contributed by atoms with Crippen molar-refractivity contribution in [2.45, 2.75) is 11.4 Å². The van der Waals surface area contributed by atoms with Crippen molar-refractivity contribution in [2.24, 2.45) is 5.14 Å². The van der Waals surface area contributed by atoms with Gasteiger partial charge in [0.2, 0.25) is 10.0 Å². The van der Waals surface area contributed by atoms with E-state index < -0.39 is 10.0 Å². The lowest BCUT2D eigenvalue weighted by Crippen LogP contribution is -2.14. The average molecular weight is 307 g/mol. The molecule has 0 aromatic heterocycles. The van der Waals surface area contributed by atoms with Gasteiger partial charge in [-0.1, -0.05) is 18.2 Å². The fourth-order valence-electron chi connectivity index (χ4n) is 1.96. The Morgan fingerprint density at radius 2 is 1.90 bits per heavy atom. The highest BCUT2D eigenvalue weighted by atomic mass is 32.2. The molecule has 0 aliphatic rings. The monoisotopic (exact) mass is 307 g/mol. The molecular weight excluding hydrogens is 290 g/mol. The zero-order valence-corrected chi connectivity index (χ0v) is 12.4. The van der Waals surface area contributed by atoms with Gasteiger partial charge in [0.25, 0.3) is 0 Å². The van der Waals surface area contributed by atoms with E-state index in [0.29, 0.717) is 12.2 Å². The molecule has 0 atom stereocenters. The van der Waals surface area contributed by atoms with Crippen molar-refractivity contribution in [1.82, 2.24) is 0 Å². The van der Waals surface area contributed by atoms with Crippen molar-refractivity contribution in [2.75, 3.05) is 18.2 Å². The van der Waals surface area contributed by atoms with Crippen LogP contribution in [-0.2, 0) is 16.6 Å². The molecule has 7 heteroatoms. The smallest absolute Gasteiger partial charge is 0.240 e. The number of sulfonamides is 1. The highest BCUT2D eigenvalue weighted by Gasteiger charge is 2.12. The van der Waals surface area contributed by atoms with Crippen LogP contribution in [0.2, 0.25) is 0 Å². The van der Waals surface area contributed by atoms with Gasteiger partial charge in [-0.15, -0.1) is 0 Å². The van der Waals surface area contributed by atoms with Gasteiger partial charge in [0.1, 0.15) is 10.6 Å². The Hall–Kier alpha value is -2.25. The first kappa shape index (κ1) is 15.1. The Balaban J connectivity index is 2.16. The second-order valence-electron chi connectivity index (χ2n) is 4.46. The molecule has 2 aromatic rings. The number of methoxy groups -OCH3 is 1. The number of anilines is 2. The largest absolute Gasteiger partial charge is 0.496 e. The summed E-state index contributed by atoms with van der Waals surface area (Å²) < 4.78 is 27.8. The predicted octanol–water partition coefficient (Wildman–Crippen LogP) is 1.54. The van der Waals surface area contributed by atoms with Gasteiger partial charge in [0.05, 0.1) is 12.8 Å². The summed E-state index contributed by atoms with van der Waals surface area (Å²) in [5, 5.41) is 8.23. The van der Waals surface area contributed by atoms with Gasteiger partial charge in [0, 0.05) is 17.8 Å². The van der Waals surface area contributed by atoms with E-state index in [0.717, 1.165) is 11.3 Å². The molecule has 0 saturated carbocycles. The van der Waals surface area contributed by atoms with Gasteiger partial charge in [-0.25, -0.2) is 13.6 Å². The molecule has 112 valence electrons. The minimum absolute atomic E-state index is 0.0784. The average Bonchev–Trinajstić information content (AvgIpc) is 2.44. The minimum atomic E-state index is -3.80. The lowest BCUT2D eigenvalue weighted by Gasteiger charge is -2.11. The van der Waals surface area contributed by atoms with Crippen LogP contribution in [0.3, 0.4) is 0 Å². The molecule has 0 spiro atoms. The number of hydrogen-bond acceptors (Lipinski definition) is 5. The van der Waals surface area contributed by atoms with Crippen LogP contribution in [0.1, 0.15) is 5.56 Å². The van der Waals surface area contributed by atoms with Gasteiger partial charge in [-0.05, 0) is 24.3 Å². The van der Waals surface area contributed by atoms with Crippen LogP contribution in [0, 0.1) is 0 Å². The SMILES string of the molecule is COc1ccccc1CNc1ccc(S(N)(=O)=O)c(N)c1. The first-order valence-electron chi connectivity index (χ1n) is 6.20. The number of rotatable bonds is 5. The van der Waals surface area contributed by atoms with E-state index in [1.54, 1.807) is 13.2 Å². The lowest BCUT2D eigenvalue weighted by atomic mass is 10.2. The summed E-state index contributed by atoms with van der Waals surface area (Å²) in [5.74, 6) is 0.777. The van der Waals surface area contributed by atoms with E-state index in [-0.39, 0.29) is 10.6 Å². The Morgan fingerprint density at radius 1 is 1.19 bits per heavy atom. The zero-order chi connectivity index (χ0) is 15.5. The molecule has 2 rings (SSSR count). The second-order valence-corrected chi connectivity index (χ2v) is 5.99. The highest BCUT2D eigenvalue weighted by molar-refractivity contribution is 7.89.